The van der Waals surface area contributed by atoms with Crippen LogP contribution >= 0.6 is 0 Å². The average molecular weight is 268 g/mol. The highest BCUT2D eigenvalue weighted by atomic mass is 16.5. The minimum Gasteiger partial charge on any atom is -0.367 e. The Kier molecular flexibility index (Phi) is 3.79. The lowest BCUT2D eigenvalue weighted by atomic mass is 9.62. The molecule has 19 heavy (non-hydrogen) atoms. The summed E-state index contributed by atoms with van der Waals surface area (Å²) in [6, 6.07) is 0. The molecule has 0 aromatic rings. The molecule has 0 bridgehead atoms. The van der Waals surface area contributed by atoms with Gasteiger partial charge in [0.2, 0.25) is 0 Å². The molecule has 0 aromatic heterocycles. The van der Waals surface area contributed by atoms with Gasteiger partial charge in [0.1, 0.15) is 0 Å². The van der Waals surface area contributed by atoms with E-state index in [1.807, 2.05) is 0 Å². The summed E-state index contributed by atoms with van der Waals surface area (Å²) in [4.78, 5) is 2.62. The molecule has 1 saturated heterocycles. The van der Waals surface area contributed by atoms with Crippen LogP contribution in [0.2, 0.25) is 0 Å². The Morgan fingerprint density at radius 3 is 1.95 bits per heavy atom. The molecule has 0 aromatic carbocycles. The van der Waals surface area contributed by atoms with E-state index in [1.165, 1.54) is 12.8 Å². The van der Waals surface area contributed by atoms with E-state index in [0.29, 0.717) is 0 Å². The summed E-state index contributed by atoms with van der Waals surface area (Å²) in [7, 11) is 0. The summed E-state index contributed by atoms with van der Waals surface area (Å²) in [5, 5.41) is 0. The van der Waals surface area contributed by atoms with Crippen molar-refractivity contribution in [2.75, 3.05) is 19.6 Å². The molecule has 0 radical (unpaired) electrons. The molecule has 1 aliphatic heterocycles. The molecule has 1 aliphatic carbocycles. The van der Waals surface area contributed by atoms with Gasteiger partial charge < -0.3 is 10.5 Å². The fourth-order valence-electron chi connectivity index (χ4n) is 4.06. The number of ether oxygens (including phenoxy) is 1. The van der Waals surface area contributed by atoms with E-state index >= 15 is 0 Å². The standard InChI is InChI=1S/C16H32N2O/c1-12(2)13-7-16(8-13,9-17)18-10-14(3,4)19-15(5,6)11-18/h12-13H,7-11,17H2,1-6H3. The summed E-state index contributed by atoms with van der Waals surface area (Å²) >= 11 is 0. The van der Waals surface area contributed by atoms with Crippen molar-refractivity contribution >= 4 is 0 Å². The fraction of sp³-hybridized carbons (Fsp3) is 1.00. The van der Waals surface area contributed by atoms with Crippen LogP contribution in [0.1, 0.15) is 54.4 Å². The minimum absolute atomic E-state index is 0.0766. The SMILES string of the molecule is CC(C)C1CC(CN)(N2CC(C)(C)OC(C)(C)C2)C1. The largest absolute Gasteiger partial charge is 0.367 e. The van der Waals surface area contributed by atoms with Crippen LogP contribution in [0.15, 0.2) is 0 Å². The van der Waals surface area contributed by atoms with Crippen LogP contribution in [0, 0.1) is 11.8 Å². The first-order chi connectivity index (χ1) is 8.59. The van der Waals surface area contributed by atoms with Gasteiger partial charge in [-0.15, -0.1) is 0 Å². The zero-order chi connectivity index (χ0) is 14.5. The van der Waals surface area contributed by atoms with Crippen molar-refractivity contribution in [2.45, 2.75) is 71.1 Å². The Labute approximate surface area is 118 Å². The molecule has 2 N–H and O–H groups in total. The minimum atomic E-state index is -0.0766. The Morgan fingerprint density at radius 1 is 1.11 bits per heavy atom. The fourth-order valence-corrected chi connectivity index (χ4v) is 4.06. The van der Waals surface area contributed by atoms with Gasteiger partial charge in [0.15, 0.2) is 0 Å². The van der Waals surface area contributed by atoms with Gasteiger partial charge >= 0.3 is 0 Å². The molecule has 112 valence electrons. The Balaban J connectivity index is 2.12. The highest BCUT2D eigenvalue weighted by Gasteiger charge is 2.52. The van der Waals surface area contributed by atoms with Crippen LogP contribution in [-0.2, 0) is 4.74 Å². The second-order valence-electron chi connectivity index (χ2n) is 8.32. The van der Waals surface area contributed by atoms with Crippen LogP contribution in [0.25, 0.3) is 0 Å². The number of hydrogen-bond acceptors (Lipinski definition) is 3. The first-order valence-corrected chi connectivity index (χ1v) is 7.74. The summed E-state index contributed by atoms with van der Waals surface area (Å²) in [6.07, 6.45) is 2.51. The molecule has 1 saturated carbocycles. The van der Waals surface area contributed by atoms with Crippen molar-refractivity contribution in [3.05, 3.63) is 0 Å². The molecule has 0 spiro atoms. The van der Waals surface area contributed by atoms with Crippen LogP contribution in [0.3, 0.4) is 0 Å². The molecular formula is C16H32N2O. The normalized spacial score (nSPS) is 38.2. The highest BCUT2D eigenvalue weighted by molar-refractivity contribution is 5.07. The number of morpholine rings is 1. The second kappa shape index (κ2) is 4.71. The molecular weight excluding hydrogens is 236 g/mol. The van der Waals surface area contributed by atoms with E-state index in [2.05, 4.69) is 46.4 Å². The molecule has 2 aliphatic rings. The Morgan fingerprint density at radius 2 is 1.58 bits per heavy atom. The van der Waals surface area contributed by atoms with E-state index in [-0.39, 0.29) is 16.7 Å². The van der Waals surface area contributed by atoms with Crippen LogP contribution in [-0.4, -0.2) is 41.3 Å². The average Bonchev–Trinajstić information content (AvgIpc) is 2.10. The number of nitrogens with zero attached hydrogens (tertiary/aromatic N) is 1. The molecule has 2 rings (SSSR count). The maximum Gasteiger partial charge on any atom is 0.0761 e. The maximum atomic E-state index is 6.19. The molecule has 0 unspecified atom stereocenters. The van der Waals surface area contributed by atoms with E-state index in [4.69, 9.17) is 10.5 Å². The molecule has 1 heterocycles. The molecule has 3 nitrogen and oxygen atoms in total. The summed E-state index contributed by atoms with van der Waals surface area (Å²) in [5.74, 6) is 1.62. The predicted molar refractivity (Wildman–Crippen MR) is 80.2 cm³/mol. The van der Waals surface area contributed by atoms with E-state index in [9.17, 15) is 0 Å². The van der Waals surface area contributed by atoms with Crippen LogP contribution < -0.4 is 5.73 Å². The van der Waals surface area contributed by atoms with Crippen LogP contribution in [0.5, 0.6) is 0 Å². The third-order valence-electron chi connectivity index (χ3n) is 4.97. The molecule has 2 fully saturated rings. The van der Waals surface area contributed by atoms with Gasteiger partial charge in [-0.1, -0.05) is 13.8 Å². The van der Waals surface area contributed by atoms with Crippen LogP contribution in [0.4, 0.5) is 0 Å². The third kappa shape index (κ3) is 2.98. The van der Waals surface area contributed by atoms with Crippen molar-refractivity contribution < 1.29 is 4.74 Å². The van der Waals surface area contributed by atoms with Gasteiger partial charge in [-0.25, -0.2) is 0 Å². The maximum absolute atomic E-state index is 6.19. The van der Waals surface area contributed by atoms with Crippen molar-refractivity contribution in [3.63, 3.8) is 0 Å². The van der Waals surface area contributed by atoms with Gasteiger partial charge in [0.25, 0.3) is 0 Å². The lowest BCUT2D eigenvalue weighted by Gasteiger charge is -2.60. The van der Waals surface area contributed by atoms with Gasteiger partial charge in [0.05, 0.1) is 11.2 Å². The van der Waals surface area contributed by atoms with Crippen molar-refractivity contribution in [2.24, 2.45) is 17.6 Å². The number of rotatable bonds is 3. The van der Waals surface area contributed by atoms with Gasteiger partial charge in [-0.2, -0.15) is 0 Å². The van der Waals surface area contributed by atoms with Crippen molar-refractivity contribution in [3.8, 4) is 0 Å². The highest BCUT2D eigenvalue weighted by Crippen LogP contribution is 2.47. The van der Waals surface area contributed by atoms with E-state index in [1.54, 1.807) is 0 Å². The molecule has 0 atom stereocenters. The quantitative estimate of drug-likeness (QED) is 0.855. The number of hydrogen-bond donors (Lipinski definition) is 1. The third-order valence-corrected chi connectivity index (χ3v) is 4.97. The zero-order valence-electron chi connectivity index (χ0n) is 13.6. The zero-order valence-corrected chi connectivity index (χ0v) is 13.6. The Hall–Kier alpha value is -0.120. The van der Waals surface area contributed by atoms with E-state index < -0.39 is 0 Å². The predicted octanol–water partition coefficient (Wildman–Crippen LogP) is 2.64. The second-order valence-corrected chi connectivity index (χ2v) is 8.32. The monoisotopic (exact) mass is 268 g/mol. The lowest BCUT2D eigenvalue weighted by Crippen LogP contribution is -2.70. The van der Waals surface area contributed by atoms with E-state index in [0.717, 1.165) is 31.5 Å². The van der Waals surface area contributed by atoms with Gasteiger partial charge in [-0.3, -0.25) is 4.90 Å². The van der Waals surface area contributed by atoms with Gasteiger partial charge in [-0.05, 0) is 52.4 Å². The molecule has 0 amide bonds. The lowest BCUT2D eigenvalue weighted by molar-refractivity contribution is -0.213. The first-order valence-electron chi connectivity index (χ1n) is 7.74. The topological polar surface area (TPSA) is 38.5 Å². The summed E-state index contributed by atoms with van der Waals surface area (Å²) < 4.78 is 6.19. The first kappa shape index (κ1) is 15.3. The molecule has 3 heteroatoms. The smallest absolute Gasteiger partial charge is 0.0761 e. The van der Waals surface area contributed by atoms with Crippen molar-refractivity contribution in [1.29, 1.82) is 0 Å². The number of nitrogens with two attached hydrogens (primary N) is 1. The summed E-state index contributed by atoms with van der Waals surface area (Å²) in [6.45, 7) is 16.2. The van der Waals surface area contributed by atoms with Crippen molar-refractivity contribution in [1.82, 2.24) is 4.90 Å². The summed E-state index contributed by atoms with van der Waals surface area (Å²) in [5.41, 5.74) is 6.23. The van der Waals surface area contributed by atoms with Gasteiger partial charge in [0, 0.05) is 25.2 Å². The Bertz CT molecular complexity index is 314.